The van der Waals surface area contributed by atoms with Gasteiger partial charge in [-0.05, 0) is 44.7 Å². The van der Waals surface area contributed by atoms with E-state index in [4.69, 9.17) is 4.52 Å². The summed E-state index contributed by atoms with van der Waals surface area (Å²) in [5.74, 6) is 0.718. The Labute approximate surface area is 133 Å². The first-order chi connectivity index (χ1) is 10.6. The number of aliphatic hydroxyl groups is 1. The maximum Gasteiger partial charge on any atom is 0.273 e. The molecule has 22 heavy (non-hydrogen) atoms. The van der Waals surface area contributed by atoms with Crippen molar-refractivity contribution in [2.75, 3.05) is 6.54 Å². The minimum atomic E-state index is -0.435. The zero-order valence-electron chi connectivity index (χ0n) is 12.6. The number of aliphatic hydroxyl groups excluding tert-OH is 1. The lowest BCUT2D eigenvalue weighted by atomic mass is 9.96. The predicted octanol–water partition coefficient (Wildman–Crippen LogP) is 2.64. The number of carbonyl (C=O) groups is 1. The van der Waals surface area contributed by atoms with Gasteiger partial charge in [-0.3, -0.25) is 4.79 Å². The minimum Gasteiger partial charge on any atom is -0.388 e. The molecule has 2 aromatic rings. The molecule has 0 aromatic carbocycles. The van der Waals surface area contributed by atoms with Gasteiger partial charge in [0.1, 0.15) is 5.76 Å². The number of amides is 1. The maximum atomic E-state index is 12.2. The number of hydrogen-bond acceptors (Lipinski definition) is 5. The molecule has 0 fully saturated rings. The van der Waals surface area contributed by atoms with Crippen molar-refractivity contribution in [3.8, 4) is 0 Å². The van der Waals surface area contributed by atoms with E-state index in [9.17, 15) is 9.90 Å². The van der Waals surface area contributed by atoms with Crippen LogP contribution in [0.25, 0.3) is 0 Å². The van der Waals surface area contributed by atoms with Crippen LogP contribution < -0.4 is 5.32 Å². The average molecular weight is 320 g/mol. The molecule has 0 spiro atoms. The largest absolute Gasteiger partial charge is 0.388 e. The lowest BCUT2D eigenvalue weighted by molar-refractivity contribution is 0.0944. The number of aryl methyl sites for hydroxylation is 1. The summed E-state index contributed by atoms with van der Waals surface area (Å²) in [6.07, 6.45) is 4.27. The van der Waals surface area contributed by atoms with Crippen LogP contribution in [0.15, 0.2) is 16.7 Å². The van der Waals surface area contributed by atoms with Crippen molar-refractivity contribution in [2.24, 2.45) is 0 Å². The number of thiophene rings is 1. The van der Waals surface area contributed by atoms with Crippen LogP contribution in [0.3, 0.4) is 0 Å². The standard InChI is InChI=1S/C16H20N2O3S/c1-10(19)14-7-6-11(22-14)8-9-17-16(20)15-12-4-2-3-5-13(12)21-18-15/h6-7,10,19H,2-5,8-9H2,1H3,(H,17,20)/t10-/m1/s1. The lowest BCUT2D eigenvalue weighted by Gasteiger charge is -2.09. The average Bonchev–Trinajstić information content (AvgIpc) is 3.13. The number of nitrogens with one attached hydrogen (secondary N) is 1. The van der Waals surface area contributed by atoms with Crippen LogP contribution in [0.1, 0.15) is 57.4 Å². The second-order valence-corrected chi connectivity index (χ2v) is 6.83. The van der Waals surface area contributed by atoms with Crippen molar-refractivity contribution >= 4 is 17.2 Å². The quantitative estimate of drug-likeness (QED) is 0.888. The normalized spacial score (nSPS) is 15.4. The van der Waals surface area contributed by atoms with E-state index >= 15 is 0 Å². The maximum absolute atomic E-state index is 12.2. The van der Waals surface area contributed by atoms with Crippen LogP contribution in [0.4, 0.5) is 0 Å². The molecular formula is C16H20N2O3S. The van der Waals surface area contributed by atoms with E-state index in [2.05, 4.69) is 10.5 Å². The van der Waals surface area contributed by atoms with Gasteiger partial charge in [0.2, 0.25) is 0 Å². The fourth-order valence-electron chi connectivity index (χ4n) is 2.70. The van der Waals surface area contributed by atoms with E-state index in [0.29, 0.717) is 12.2 Å². The van der Waals surface area contributed by atoms with Crippen LogP contribution in [0, 0.1) is 0 Å². The first-order valence-corrected chi connectivity index (χ1v) is 8.49. The molecule has 3 rings (SSSR count). The van der Waals surface area contributed by atoms with Crippen molar-refractivity contribution in [1.29, 1.82) is 0 Å². The summed E-state index contributed by atoms with van der Waals surface area (Å²) >= 11 is 1.58. The van der Waals surface area contributed by atoms with E-state index in [1.54, 1.807) is 18.3 Å². The SMILES string of the molecule is C[C@@H](O)c1ccc(CCNC(=O)c2noc3c2CCCC3)s1. The number of rotatable bonds is 5. The molecule has 118 valence electrons. The summed E-state index contributed by atoms with van der Waals surface area (Å²) in [6.45, 7) is 2.31. The smallest absolute Gasteiger partial charge is 0.273 e. The Hall–Kier alpha value is -1.66. The van der Waals surface area contributed by atoms with Gasteiger partial charge in [0.15, 0.2) is 5.69 Å². The second kappa shape index (κ2) is 6.62. The van der Waals surface area contributed by atoms with Gasteiger partial charge in [0.25, 0.3) is 5.91 Å². The number of fused-ring (bicyclic) bond motifs is 1. The molecule has 0 bridgehead atoms. The number of nitrogens with zero attached hydrogens (tertiary/aromatic N) is 1. The van der Waals surface area contributed by atoms with Gasteiger partial charge in [-0.15, -0.1) is 11.3 Å². The number of aromatic nitrogens is 1. The zero-order chi connectivity index (χ0) is 15.5. The molecule has 1 amide bonds. The Morgan fingerprint density at radius 2 is 2.27 bits per heavy atom. The molecule has 2 N–H and O–H groups in total. The molecule has 2 heterocycles. The minimum absolute atomic E-state index is 0.154. The van der Waals surface area contributed by atoms with Crippen molar-refractivity contribution in [3.05, 3.63) is 38.9 Å². The Kier molecular flexibility index (Phi) is 4.59. The zero-order valence-corrected chi connectivity index (χ0v) is 13.4. The summed E-state index contributed by atoms with van der Waals surface area (Å²) in [5.41, 5.74) is 1.43. The monoisotopic (exact) mass is 320 g/mol. The van der Waals surface area contributed by atoms with Crippen LogP contribution in [-0.4, -0.2) is 22.7 Å². The second-order valence-electron chi connectivity index (χ2n) is 5.63. The van der Waals surface area contributed by atoms with Crippen molar-refractivity contribution < 1.29 is 14.4 Å². The molecule has 1 aliphatic rings. The van der Waals surface area contributed by atoms with Crippen molar-refractivity contribution in [1.82, 2.24) is 10.5 Å². The highest BCUT2D eigenvalue weighted by molar-refractivity contribution is 7.12. The van der Waals surface area contributed by atoms with Crippen molar-refractivity contribution in [2.45, 2.75) is 45.1 Å². The number of carbonyl (C=O) groups excluding carboxylic acids is 1. The van der Waals surface area contributed by atoms with E-state index in [0.717, 1.165) is 53.2 Å². The topological polar surface area (TPSA) is 75.4 Å². The first-order valence-electron chi connectivity index (χ1n) is 7.67. The molecule has 6 heteroatoms. The Morgan fingerprint density at radius 3 is 3.05 bits per heavy atom. The third-order valence-electron chi connectivity index (χ3n) is 3.92. The molecule has 0 saturated carbocycles. The van der Waals surface area contributed by atoms with Gasteiger partial charge in [-0.25, -0.2) is 0 Å². The first kappa shape index (κ1) is 15.2. The van der Waals surface area contributed by atoms with E-state index < -0.39 is 6.10 Å². The van der Waals surface area contributed by atoms with Crippen LogP contribution in [-0.2, 0) is 19.3 Å². The lowest BCUT2D eigenvalue weighted by Crippen LogP contribution is -2.27. The Bertz CT molecular complexity index is 660. The predicted molar refractivity (Wildman–Crippen MR) is 84.1 cm³/mol. The fourth-order valence-corrected chi connectivity index (χ4v) is 3.65. The summed E-state index contributed by atoms with van der Waals surface area (Å²) in [7, 11) is 0. The summed E-state index contributed by atoms with van der Waals surface area (Å²) in [6, 6.07) is 3.93. The van der Waals surface area contributed by atoms with Crippen LogP contribution in [0.2, 0.25) is 0 Å². The molecule has 2 aromatic heterocycles. The molecule has 0 aliphatic heterocycles. The molecule has 0 saturated heterocycles. The van der Waals surface area contributed by atoms with E-state index in [-0.39, 0.29) is 5.91 Å². The van der Waals surface area contributed by atoms with E-state index in [1.807, 2.05) is 12.1 Å². The highest BCUT2D eigenvalue weighted by Crippen LogP contribution is 2.24. The van der Waals surface area contributed by atoms with Crippen LogP contribution in [0.5, 0.6) is 0 Å². The molecule has 1 atom stereocenters. The summed E-state index contributed by atoms with van der Waals surface area (Å²) < 4.78 is 5.27. The summed E-state index contributed by atoms with van der Waals surface area (Å²) in [5, 5.41) is 16.3. The van der Waals surface area contributed by atoms with Gasteiger partial charge in [0.05, 0.1) is 6.10 Å². The molecular weight excluding hydrogens is 300 g/mol. The Morgan fingerprint density at radius 1 is 1.45 bits per heavy atom. The molecule has 5 nitrogen and oxygen atoms in total. The van der Waals surface area contributed by atoms with Gasteiger partial charge in [-0.2, -0.15) is 0 Å². The third-order valence-corrected chi connectivity index (χ3v) is 5.23. The van der Waals surface area contributed by atoms with Gasteiger partial charge in [-0.1, -0.05) is 5.16 Å². The van der Waals surface area contributed by atoms with Crippen LogP contribution >= 0.6 is 11.3 Å². The highest BCUT2D eigenvalue weighted by atomic mass is 32.1. The third kappa shape index (κ3) is 3.23. The fraction of sp³-hybridized carbons (Fsp3) is 0.500. The highest BCUT2D eigenvalue weighted by Gasteiger charge is 2.23. The van der Waals surface area contributed by atoms with Gasteiger partial charge < -0.3 is 14.9 Å². The van der Waals surface area contributed by atoms with E-state index in [1.165, 1.54) is 0 Å². The van der Waals surface area contributed by atoms with Gasteiger partial charge >= 0.3 is 0 Å². The molecule has 0 unspecified atom stereocenters. The molecule has 0 radical (unpaired) electrons. The summed E-state index contributed by atoms with van der Waals surface area (Å²) in [4.78, 5) is 14.3. The van der Waals surface area contributed by atoms with Gasteiger partial charge in [0, 0.05) is 28.3 Å². The molecule has 1 aliphatic carbocycles. The van der Waals surface area contributed by atoms with Crippen molar-refractivity contribution in [3.63, 3.8) is 0 Å². The Balaban J connectivity index is 1.55. The number of hydrogen-bond donors (Lipinski definition) is 2.